The summed E-state index contributed by atoms with van der Waals surface area (Å²) in [5.74, 6) is -1.70. The molecule has 0 saturated carbocycles. The number of hydrogen-bond donors (Lipinski definition) is 1. The van der Waals surface area contributed by atoms with E-state index in [1.807, 2.05) is 18.2 Å². The molecule has 7 heteroatoms. The monoisotopic (exact) mass is 350 g/mol. The van der Waals surface area contributed by atoms with Gasteiger partial charge in [-0.05, 0) is 24.3 Å². The third-order valence-electron chi connectivity index (χ3n) is 3.24. The highest BCUT2D eigenvalue weighted by Gasteiger charge is 2.15. The Balaban J connectivity index is 0.00000208. The van der Waals surface area contributed by atoms with Crippen molar-refractivity contribution < 1.29 is 18.0 Å². The molecule has 1 N–H and O–H groups in total. The maximum absolute atomic E-state index is 13.5. The first-order valence-corrected chi connectivity index (χ1v) is 6.87. The highest BCUT2D eigenvalue weighted by atomic mass is 35.5. The van der Waals surface area contributed by atoms with Crippen LogP contribution in [0.15, 0.2) is 59.2 Å². The summed E-state index contributed by atoms with van der Waals surface area (Å²) in [4.78, 5) is 16.1. The van der Waals surface area contributed by atoms with Crippen molar-refractivity contribution >= 4 is 18.3 Å². The van der Waals surface area contributed by atoms with Gasteiger partial charge in [0.05, 0.1) is 0 Å². The van der Waals surface area contributed by atoms with Crippen LogP contribution in [0.25, 0.3) is 11.5 Å². The number of aromatic nitrogens is 1. The van der Waals surface area contributed by atoms with Gasteiger partial charge >= 0.3 is 0 Å². The second-order valence-corrected chi connectivity index (χ2v) is 4.79. The van der Waals surface area contributed by atoms with Crippen molar-refractivity contribution in [2.75, 3.05) is 0 Å². The first-order chi connectivity index (χ1) is 11.1. The molecule has 0 aliphatic heterocycles. The Morgan fingerprint density at radius 3 is 2.38 bits per heavy atom. The zero-order valence-electron chi connectivity index (χ0n) is 12.3. The Morgan fingerprint density at radius 2 is 1.71 bits per heavy atom. The number of benzene rings is 2. The zero-order valence-corrected chi connectivity index (χ0v) is 13.1. The van der Waals surface area contributed by atoms with Crippen LogP contribution in [0.1, 0.15) is 16.1 Å². The van der Waals surface area contributed by atoms with Gasteiger partial charge in [0, 0.05) is 17.7 Å². The van der Waals surface area contributed by atoms with Crippen LogP contribution in [0, 0.1) is 11.6 Å². The van der Waals surface area contributed by atoms with Crippen molar-refractivity contribution in [1.82, 2.24) is 10.3 Å². The number of carbonyl (C=O) groups is 1. The van der Waals surface area contributed by atoms with E-state index in [1.54, 1.807) is 12.1 Å². The van der Waals surface area contributed by atoms with Gasteiger partial charge < -0.3 is 9.73 Å². The molecule has 0 aliphatic rings. The van der Waals surface area contributed by atoms with Gasteiger partial charge in [0.2, 0.25) is 5.89 Å². The Labute approximate surface area is 142 Å². The summed E-state index contributed by atoms with van der Waals surface area (Å²) in [5, 5.41) is 2.42. The molecule has 24 heavy (non-hydrogen) atoms. The Kier molecular flexibility index (Phi) is 5.65. The van der Waals surface area contributed by atoms with Gasteiger partial charge in [-0.2, -0.15) is 0 Å². The molecule has 124 valence electrons. The molecule has 4 nitrogen and oxygen atoms in total. The number of oxazole rings is 1. The smallest absolute Gasteiger partial charge is 0.273 e. The lowest BCUT2D eigenvalue weighted by molar-refractivity contribution is 0.0945. The zero-order chi connectivity index (χ0) is 16.2. The summed E-state index contributed by atoms with van der Waals surface area (Å²) in [6.45, 7) is -0.273. The van der Waals surface area contributed by atoms with E-state index in [1.165, 1.54) is 12.3 Å². The number of hydrogen-bond acceptors (Lipinski definition) is 3. The van der Waals surface area contributed by atoms with Gasteiger partial charge in [0.1, 0.15) is 17.9 Å². The minimum absolute atomic E-state index is 0. The summed E-state index contributed by atoms with van der Waals surface area (Å²) in [6, 6.07) is 12.6. The number of nitrogens with zero attached hydrogens (tertiary/aromatic N) is 1. The van der Waals surface area contributed by atoms with Crippen LogP contribution in [0.4, 0.5) is 8.78 Å². The van der Waals surface area contributed by atoms with Crippen LogP contribution in [0.3, 0.4) is 0 Å². The van der Waals surface area contributed by atoms with Gasteiger partial charge in [0.15, 0.2) is 5.69 Å². The molecular weight excluding hydrogens is 338 g/mol. The standard InChI is InChI=1S/C17H12F2N2O2.ClH/c18-13-7-4-8-14(19)12(13)9-20-16(22)15-10-23-17(21-15)11-5-2-1-3-6-11;/h1-8,10H,9H2,(H,20,22);1H. The van der Waals surface area contributed by atoms with Crippen molar-refractivity contribution in [2.45, 2.75) is 6.54 Å². The van der Waals surface area contributed by atoms with Gasteiger partial charge in [-0.1, -0.05) is 24.3 Å². The first kappa shape index (κ1) is 17.6. The second kappa shape index (κ2) is 7.70. The van der Waals surface area contributed by atoms with E-state index in [0.717, 1.165) is 17.7 Å². The van der Waals surface area contributed by atoms with E-state index >= 15 is 0 Å². The molecule has 0 aliphatic carbocycles. The Bertz CT molecular complexity index is 817. The van der Waals surface area contributed by atoms with Gasteiger partial charge in [-0.25, -0.2) is 13.8 Å². The molecule has 1 aromatic heterocycles. The molecule has 2 aromatic carbocycles. The van der Waals surface area contributed by atoms with E-state index in [9.17, 15) is 13.6 Å². The third-order valence-corrected chi connectivity index (χ3v) is 3.24. The topological polar surface area (TPSA) is 55.1 Å². The van der Waals surface area contributed by atoms with Crippen molar-refractivity contribution in [1.29, 1.82) is 0 Å². The van der Waals surface area contributed by atoms with E-state index < -0.39 is 17.5 Å². The lowest BCUT2D eigenvalue weighted by Crippen LogP contribution is -2.24. The first-order valence-electron chi connectivity index (χ1n) is 6.87. The number of carbonyl (C=O) groups excluding carboxylic acids is 1. The lowest BCUT2D eigenvalue weighted by atomic mass is 10.2. The van der Waals surface area contributed by atoms with E-state index in [4.69, 9.17) is 4.42 Å². The molecule has 0 bridgehead atoms. The maximum Gasteiger partial charge on any atom is 0.273 e. The molecule has 1 amide bonds. The molecule has 0 saturated heterocycles. The summed E-state index contributed by atoms with van der Waals surface area (Å²) >= 11 is 0. The highest BCUT2D eigenvalue weighted by molar-refractivity contribution is 5.92. The fourth-order valence-corrected chi connectivity index (χ4v) is 2.05. The summed E-state index contributed by atoms with van der Waals surface area (Å²) < 4.78 is 32.3. The van der Waals surface area contributed by atoms with E-state index in [0.29, 0.717) is 5.89 Å². The molecule has 0 fully saturated rings. The molecule has 3 rings (SSSR count). The predicted octanol–water partition coefficient (Wildman–Crippen LogP) is 3.97. The van der Waals surface area contributed by atoms with Crippen molar-refractivity contribution in [3.05, 3.63) is 77.7 Å². The van der Waals surface area contributed by atoms with Crippen LogP contribution < -0.4 is 5.32 Å². The highest BCUT2D eigenvalue weighted by Crippen LogP contribution is 2.18. The van der Waals surface area contributed by atoms with Gasteiger partial charge in [-0.3, -0.25) is 4.79 Å². The summed E-state index contributed by atoms with van der Waals surface area (Å²) in [5.41, 5.74) is 0.569. The van der Waals surface area contributed by atoms with Crippen LogP contribution in [0.5, 0.6) is 0 Å². The summed E-state index contributed by atoms with van der Waals surface area (Å²) in [6.07, 6.45) is 1.20. The number of rotatable bonds is 4. The Morgan fingerprint density at radius 1 is 1.04 bits per heavy atom. The quantitative estimate of drug-likeness (QED) is 0.774. The lowest BCUT2D eigenvalue weighted by Gasteiger charge is -2.05. The molecule has 0 spiro atoms. The van der Waals surface area contributed by atoms with Gasteiger partial charge in [-0.15, -0.1) is 12.4 Å². The van der Waals surface area contributed by atoms with Crippen LogP contribution >= 0.6 is 12.4 Å². The summed E-state index contributed by atoms with van der Waals surface area (Å²) in [7, 11) is 0. The molecule has 0 atom stereocenters. The number of halogens is 3. The van der Waals surface area contributed by atoms with Crippen molar-refractivity contribution in [2.24, 2.45) is 0 Å². The Hall–Kier alpha value is -2.73. The normalized spacial score (nSPS) is 10.1. The molecule has 0 radical (unpaired) electrons. The molecule has 1 heterocycles. The number of nitrogens with one attached hydrogen (secondary N) is 1. The van der Waals surface area contributed by atoms with E-state index in [-0.39, 0.29) is 30.2 Å². The molecule has 3 aromatic rings. The minimum atomic E-state index is -0.713. The van der Waals surface area contributed by atoms with Gasteiger partial charge in [0.25, 0.3) is 5.91 Å². The fourth-order valence-electron chi connectivity index (χ4n) is 2.05. The molecular formula is C17H13ClF2N2O2. The van der Waals surface area contributed by atoms with Crippen LogP contribution in [0.2, 0.25) is 0 Å². The maximum atomic E-state index is 13.5. The average Bonchev–Trinajstić information content (AvgIpc) is 3.05. The minimum Gasteiger partial charge on any atom is -0.444 e. The van der Waals surface area contributed by atoms with Crippen LogP contribution in [-0.4, -0.2) is 10.9 Å². The average molecular weight is 351 g/mol. The largest absolute Gasteiger partial charge is 0.444 e. The van der Waals surface area contributed by atoms with Crippen molar-refractivity contribution in [3.8, 4) is 11.5 Å². The van der Waals surface area contributed by atoms with Crippen LogP contribution in [-0.2, 0) is 6.54 Å². The SMILES string of the molecule is Cl.O=C(NCc1c(F)cccc1F)c1coc(-c2ccccc2)n1. The second-order valence-electron chi connectivity index (χ2n) is 4.79. The predicted molar refractivity (Wildman–Crippen MR) is 86.7 cm³/mol. The van der Waals surface area contributed by atoms with E-state index in [2.05, 4.69) is 10.3 Å². The third kappa shape index (κ3) is 3.78. The molecule has 0 unspecified atom stereocenters. The number of amides is 1. The fraction of sp³-hybridized carbons (Fsp3) is 0.0588. The van der Waals surface area contributed by atoms with Crippen molar-refractivity contribution in [3.63, 3.8) is 0 Å².